The van der Waals surface area contributed by atoms with Gasteiger partial charge in [0.1, 0.15) is 5.02 Å². The van der Waals surface area contributed by atoms with Gasteiger partial charge in [-0.2, -0.15) is 0 Å². The van der Waals surface area contributed by atoms with Crippen molar-refractivity contribution in [1.82, 2.24) is 4.90 Å². The molecule has 21 heavy (non-hydrogen) atoms. The summed E-state index contributed by atoms with van der Waals surface area (Å²) in [5, 5.41) is 22.6. The molecule has 1 aromatic rings. The van der Waals surface area contributed by atoms with Crippen LogP contribution in [0.15, 0.2) is 18.2 Å². The van der Waals surface area contributed by atoms with Crippen LogP contribution >= 0.6 is 11.6 Å². The minimum atomic E-state index is -0.597. The number of nitrogens with one attached hydrogen (secondary N) is 1. The van der Waals surface area contributed by atoms with Crippen molar-refractivity contribution in [2.45, 2.75) is 12.8 Å². The highest BCUT2D eigenvalue weighted by Crippen LogP contribution is 2.27. The van der Waals surface area contributed by atoms with Gasteiger partial charge in [-0.05, 0) is 30.9 Å². The lowest BCUT2D eigenvalue weighted by Crippen LogP contribution is -2.43. The highest BCUT2D eigenvalue weighted by atomic mass is 35.5. The third-order valence-corrected chi connectivity index (χ3v) is 3.78. The molecule has 1 atom stereocenters. The van der Waals surface area contributed by atoms with Crippen molar-refractivity contribution in [3.8, 4) is 0 Å². The molecule has 2 amide bonds. The van der Waals surface area contributed by atoms with E-state index in [1.807, 2.05) is 0 Å². The summed E-state index contributed by atoms with van der Waals surface area (Å²) in [6, 6.07) is 3.79. The molecule has 2 rings (SSSR count). The summed E-state index contributed by atoms with van der Waals surface area (Å²) >= 11 is 5.72. The molecule has 8 heteroatoms. The fourth-order valence-electron chi connectivity index (χ4n) is 2.33. The Morgan fingerprint density at radius 2 is 2.33 bits per heavy atom. The van der Waals surface area contributed by atoms with E-state index >= 15 is 0 Å². The summed E-state index contributed by atoms with van der Waals surface area (Å²) in [6.07, 6.45) is 1.73. The summed E-state index contributed by atoms with van der Waals surface area (Å²) in [6.45, 7) is 1.15. The molecule has 2 N–H and O–H groups in total. The Labute approximate surface area is 126 Å². The van der Waals surface area contributed by atoms with E-state index in [2.05, 4.69) is 5.32 Å². The normalized spacial score (nSPS) is 18.4. The summed E-state index contributed by atoms with van der Waals surface area (Å²) in [5.41, 5.74) is 0.0727. The molecule has 7 nitrogen and oxygen atoms in total. The van der Waals surface area contributed by atoms with Crippen LogP contribution in [-0.4, -0.2) is 40.7 Å². The Morgan fingerprint density at radius 1 is 1.57 bits per heavy atom. The number of benzene rings is 1. The van der Waals surface area contributed by atoms with Gasteiger partial charge in [-0.1, -0.05) is 11.6 Å². The maximum atomic E-state index is 12.1. The highest BCUT2D eigenvalue weighted by Gasteiger charge is 2.23. The zero-order valence-corrected chi connectivity index (χ0v) is 12.0. The predicted octanol–water partition coefficient (Wildman–Crippen LogP) is 2.48. The average Bonchev–Trinajstić information content (AvgIpc) is 2.49. The van der Waals surface area contributed by atoms with Crippen LogP contribution in [0.4, 0.5) is 16.2 Å². The molecular weight excluding hydrogens is 298 g/mol. The van der Waals surface area contributed by atoms with Crippen molar-refractivity contribution in [2.75, 3.05) is 25.0 Å². The molecule has 1 unspecified atom stereocenters. The number of aliphatic hydroxyl groups is 1. The van der Waals surface area contributed by atoms with Gasteiger partial charge in [-0.15, -0.1) is 0 Å². The number of carbonyl (C=O) groups is 1. The first-order valence-corrected chi connectivity index (χ1v) is 6.99. The fraction of sp³-hybridized carbons (Fsp3) is 0.462. The van der Waals surface area contributed by atoms with Gasteiger partial charge in [-0.3, -0.25) is 10.1 Å². The van der Waals surface area contributed by atoms with Gasteiger partial charge in [0.05, 0.1) is 4.92 Å². The predicted molar refractivity (Wildman–Crippen MR) is 78.5 cm³/mol. The number of nitro benzene ring substituents is 1. The molecule has 114 valence electrons. The molecule has 0 saturated carbocycles. The number of hydrogen-bond acceptors (Lipinski definition) is 4. The monoisotopic (exact) mass is 313 g/mol. The van der Waals surface area contributed by atoms with E-state index in [4.69, 9.17) is 16.7 Å². The molecule has 0 spiro atoms. The lowest BCUT2D eigenvalue weighted by molar-refractivity contribution is -0.384. The van der Waals surface area contributed by atoms with Gasteiger partial charge >= 0.3 is 6.03 Å². The van der Waals surface area contributed by atoms with E-state index in [1.54, 1.807) is 4.90 Å². The number of likely N-dealkylation sites (tertiary alicyclic amines) is 1. The molecule has 0 bridgehead atoms. The summed E-state index contributed by atoms with van der Waals surface area (Å²) < 4.78 is 0. The van der Waals surface area contributed by atoms with Crippen LogP contribution in [0.2, 0.25) is 5.02 Å². The van der Waals surface area contributed by atoms with Crippen molar-refractivity contribution >= 4 is 29.0 Å². The zero-order chi connectivity index (χ0) is 15.4. The Balaban J connectivity index is 2.05. The molecule has 1 heterocycles. The molecule has 1 aromatic carbocycles. The zero-order valence-electron chi connectivity index (χ0n) is 11.3. The van der Waals surface area contributed by atoms with Gasteiger partial charge in [0.25, 0.3) is 5.69 Å². The van der Waals surface area contributed by atoms with E-state index in [9.17, 15) is 14.9 Å². The van der Waals surface area contributed by atoms with Crippen LogP contribution in [0.25, 0.3) is 0 Å². The van der Waals surface area contributed by atoms with Gasteiger partial charge < -0.3 is 15.3 Å². The maximum absolute atomic E-state index is 12.1. The topological polar surface area (TPSA) is 95.7 Å². The number of aliphatic hydroxyl groups excluding tert-OH is 1. The van der Waals surface area contributed by atoms with Crippen molar-refractivity contribution < 1.29 is 14.8 Å². The minimum absolute atomic E-state index is 0.0244. The first-order chi connectivity index (χ1) is 10.0. The smallest absolute Gasteiger partial charge is 0.321 e. The van der Waals surface area contributed by atoms with E-state index < -0.39 is 4.92 Å². The second-order valence-electron chi connectivity index (χ2n) is 4.99. The van der Waals surface area contributed by atoms with Gasteiger partial charge in [0.2, 0.25) is 0 Å². The summed E-state index contributed by atoms with van der Waals surface area (Å²) in [5.74, 6) is 0.0871. The van der Waals surface area contributed by atoms with Gasteiger partial charge in [0.15, 0.2) is 0 Å². The van der Waals surface area contributed by atoms with Crippen LogP contribution in [0.5, 0.6) is 0 Å². The first kappa shape index (κ1) is 15.5. The third-order valence-electron chi connectivity index (χ3n) is 3.46. The molecule has 1 saturated heterocycles. The number of hydrogen-bond donors (Lipinski definition) is 2. The van der Waals surface area contributed by atoms with Crippen LogP contribution in [0.3, 0.4) is 0 Å². The fourth-order valence-corrected chi connectivity index (χ4v) is 2.52. The Hall–Kier alpha value is -1.86. The first-order valence-electron chi connectivity index (χ1n) is 6.62. The Kier molecular flexibility index (Phi) is 4.98. The molecule has 1 aliphatic heterocycles. The van der Waals surface area contributed by atoms with Crippen LogP contribution in [0.1, 0.15) is 12.8 Å². The highest BCUT2D eigenvalue weighted by molar-refractivity contribution is 6.32. The van der Waals surface area contributed by atoms with Crippen molar-refractivity contribution in [3.63, 3.8) is 0 Å². The van der Waals surface area contributed by atoms with Crippen LogP contribution in [-0.2, 0) is 0 Å². The van der Waals surface area contributed by atoms with E-state index in [-0.39, 0.29) is 29.3 Å². The average molecular weight is 314 g/mol. The summed E-state index contributed by atoms with van der Waals surface area (Å²) in [7, 11) is 0. The SMILES string of the molecule is O=C(Nc1ccc(Cl)c([N+](=O)[O-])c1)N1CCCC(CO)C1. The van der Waals surface area contributed by atoms with Crippen molar-refractivity contribution in [2.24, 2.45) is 5.92 Å². The van der Waals surface area contributed by atoms with E-state index in [1.165, 1.54) is 18.2 Å². The third kappa shape index (κ3) is 3.83. The number of halogens is 1. The molecule has 1 fully saturated rings. The van der Waals surface area contributed by atoms with Crippen LogP contribution in [0, 0.1) is 16.0 Å². The van der Waals surface area contributed by atoms with Crippen LogP contribution < -0.4 is 5.32 Å². The number of nitro groups is 1. The number of piperidine rings is 1. The lowest BCUT2D eigenvalue weighted by atomic mass is 9.99. The summed E-state index contributed by atoms with van der Waals surface area (Å²) in [4.78, 5) is 23.9. The molecule has 0 radical (unpaired) electrons. The van der Waals surface area contributed by atoms with Gasteiger partial charge in [-0.25, -0.2) is 4.79 Å². The largest absolute Gasteiger partial charge is 0.396 e. The molecule has 0 aromatic heterocycles. The molecular formula is C13H16ClN3O4. The number of urea groups is 1. The van der Waals surface area contributed by atoms with Gasteiger partial charge in [0, 0.05) is 31.5 Å². The number of carbonyl (C=O) groups excluding carboxylic acids is 1. The van der Waals surface area contributed by atoms with Crippen molar-refractivity contribution in [3.05, 3.63) is 33.3 Å². The maximum Gasteiger partial charge on any atom is 0.321 e. The number of nitrogens with zero attached hydrogens (tertiary/aromatic N) is 2. The molecule has 0 aliphatic carbocycles. The quantitative estimate of drug-likeness (QED) is 0.662. The number of amides is 2. The standard InChI is InChI=1S/C13H16ClN3O4/c14-11-4-3-10(6-12(11)17(20)21)15-13(19)16-5-1-2-9(7-16)8-18/h3-4,6,9,18H,1-2,5,7-8H2,(H,15,19). The Bertz CT molecular complexity index is 552. The number of rotatable bonds is 3. The van der Waals surface area contributed by atoms with E-state index in [0.717, 1.165) is 12.8 Å². The number of anilines is 1. The Morgan fingerprint density at radius 3 is 3.00 bits per heavy atom. The van der Waals surface area contributed by atoms with E-state index in [0.29, 0.717) is 18.8 Å². The second-order valence-corrected chi connectivity index (χ2v) is 5.40. The van der Waals surface area contributed by atoms with Crippen molar-refractivity contribution in [1.29, 1.82) is 0 Å². The molecule has 1 aliphatic rings. The second kappa shape index (κ2) is 6.73. The minimum Gasteiger partial charge on any atom is -0.396 e. The lowest BCUT2D eigenvalue weighted by Gasteiger charge is -2.31.